The number of oxime groups is 1. The van der Waals surface area contributed by atoms with Crippen LogP contribution in [-0.2, 0) is 0 Å². The van der Waals surface area contributed by atoms with Gasteiger partial charge in [-0.1, -0.05) is 5.16 Å². The summed E-state index contributed by atoms with van der Waals surface area (Å²) in [5, 5.41) is 20.0. The number of carboxylic acid groups (broad SMARTS) is 1. The Morgan fingerprint density at radius 2 is 2.33 bits per heavy atom. The predicted molar refractivity (Wildman–Crippen MR) is 54.0 cm³/mol. The van der Waals surface area contributed by atoms with Crippen molar-refractivity contribution in [2.24, 2.45) is 5.16 Å². The second-order valence-corrected chi connectivity index (χ2v) is 2.74. The van der Waals surface area contributed by atoms with E-state index in [-0.39, 0.29) is 5.56 Å². The van der Waals surface area contributed by atoms with Gasteiger partial charge in [0.25, 0.3) is 0 Å². The van der Waals surface area contributed by atoms with Crippen LogP contribution in [0.3, 0.4) is 0 Å². The molecule has 0 saturated heterocycles. The fourth-order valence-corrected chi connectivity index (χ4v) is 1.14. The summed E-state index contributed by atoms with van der Waals surface area (Å²) in [4.78, 5) is 10.9. The van der Waals surface area contributed by atoms with Crippen molar-refractivity contribution in [2.75, 3.05) is 6.61 Å². The van der Waals surface area contributed by atoms with Crippen molar-refractivity contribution < 1.29 is 19.8 Å². The molecule has 1 aromatic carbocycles. The van der Waals surface area contributed by atoms with E-state index in [1.807, 2.05) is 0 Å². The van der Waals surface area contributed by atoms with Crippen molar-refractivity contribution in [2.45, 2.75) is 6.92 Å². The van der Waals surface area contributed by atoms with E-state index in [0.29, 0.717) is 17.9 Å². The highest BCUT2D eigenvalue weighted by molar-refractivity contribution is 5.93. The van der Waals surface area contributed by atoms with Crippen molar-refractivity contribution in [3.8, 4) is 5.75 Å². The Labute approximate surface area is 86.6 Å². The van der Waals surface area contributed by atoms with E-state index in [9.17, 15) is 4.79 Å². The van der Waals surface area contributed by atoms with E-state index in [1.54, 1.807) is 13.0 Å². The zero-order valence-corrected chi connectivity index (χ0v) is 8.17. The van der Waals surface area contributed by atoms with Gasteiger partial charge in [0.2, 0.25) is 0 Å². The van der Waals surface area contributed by atoms with Gasteiger partial charge in [0, 0.05) is 0 Å². The maximum Gasteiger partial charge on any atom is 0.339 e. The van der Waals surface area contributed by atoms with Crippen LogP contribution in [0.4, 0.5) is 0 Å². The molecule has 0 atom stereocenters. The summed E-state index contributed by atoms with van der Waals surface area (Å²) in [6.45, 7) is 2.17. The van der Waals surface area contributed by atoms with Crippen molar-refractivity contribution in [1.82, 2.24) is 0 Å². The molecule has 0 aliphatic carbocycles. The number of carboxylic acids is 1. The zero-order chi connectivity index (χ0) is 11.3. The lowest BCUT2D eigenvalue weighted by molar-refractivity contribution is 0.0692. The van der Waals surface area contributed by atoms with Gasteiger partial charge in [0.05, 0.1) is 12.8 Å². The largest absolute Gasteiger partial charge is 0.493 e. The molecule has 15 heavy (non-hydrogen) atoms. The van der Waals surface area contributed by atoms with Crippen molar-refractivity contribution in [3.63, 3.8) is 0 Å². The molecule has 1 aromatic rings. The van der Waals surface area contributed by atoms with Gasteiger partial charge >= 0.3 is 5.97 Å². The summed E-state index contributed by atoms with van der Waals surface area (Å²) < 4.78 is 5.14. The molecule has 0 aliphatic heterocycles. The number of carbonyl (C=O) groups is 1. The second kappa shape index (κ2) is 4.99. The molecule has 0 fully saturated rings. The van der Waals surface area contributed by atoms with E-state index in [4.69, 9.17) is 15.1 Å². The second-order valence-electron chi connectivity index (χ2n) is 2.74. The highest BCUT2D eigenvalue weighted by Gasteiger charge is 2.11. The third-order valence-corrected chi connectivity index (χ3v) is 1.74. The Hall–Kier alpha value is -2.04. The first-order valence-electron chi connectivity index (χ1n) is 4.36. The molecule has 0 aromatic heterocycles. The summed E-state index contributed by atoms with van der Waals surface area (Å²) in [6.07, 6.45) is 1.15. The molecule has 2 N–H and O–H groups in total. The molecular weight excluding hydrogens is 198 g/mol. The monoisotopic (exact) mass is 209 g/mol. The molecule has 0 unspecified atom stereocenters. The van der Waals surface area contributed by atoms with Crippen LogP contribution < -0.4 is 4.74 Å². The minimum atomic E-state index is -1.08. The van der Waals surface area contributed by atoms with Crippen LogP contribution in [0.15, 0.2) is 23.4 Å². The normalized spacial score (nSPS) is 10.5. The molecule has 1 rings (SSSR count). The third kappa shape index (κ3) is 2.70. The summed E-state index contributed by atoms with van der Waals surface area (Å²) in [6, 6.07) is 4.52. The van der Waals surface area contributed by atoms with E-state index in [1.165, 1.54) is 12.1 Å². The molecule has 0 heterocycles. The molecule has 5 heteroatoms. The van der Waals surface area contributed by atoms with Gasteiger partial charge in [-0.25, -0.2) is 4.79 Å². The minimum absolute atomic E-state index is 0.0502. The Morgan fingerprint density at radius 1 is 1.60 bits per heavy atom. The summed E-state index contributed by atoms with van der Waals surface area (Å²) in [7, 11) is 0. The standard InChI is InChI=1S/C10H11NO4/c1-2-15-9-4-3-7(6-11-14)5-8(9)10(12)13/h3-6,14H,2H2,1H3,(H,12,13). The van der Waals surface area contributed by atoms with Crippen LogP contribution >= 0.6 is 0 Å². The first kappa shape index (κ1) is 11.0. The smallest absolute Gasteiger partial charge is 0.339 e. The van der Waals surface area contributed by atoms with Crippen LogP contribution in [0.5, 0.6) is 5.75 Å². The SMILES string of the molecule is CCOc1ccc(C=NO)cc1C(=O)O. The highest BCUT2D eigenvalue weighted by Crippen LogP contribution is 2.19. The van der Waals surface area contributed by atoms with Gasteiger partial charge in [0.15, 0.2) is 0 Å². The minimum Gasteiger partial charge on any atom is -0.493 e. The van der Waals surface area contributed by atoms with Crippen LogP contribution in [0.2, 0.25) is 0 Å². The van der Waals surface area contributed by atoms with E-state index in [2.05, 4.69) is 5.16 Å². The lowest BCUT2D eigenvalue weighted by Crippen LogP contribution is -2.03. The lowest BCUT2D eigenvalue weighted by atomic mass is 10.1. The van der Waals surface area contributed by atoms with Gasteiger partial charge in [-0.3, -0.25) is 0 Å². The van der Waals surface area contributed by atoms with Crippen LogP contribution in [0, 0.1) is 0 Å². The van der Waals surface area contributed by atoms with Gasteiger partial charge < -0.3 is 15.1 Å². The molecule has 0 amide bonds. The van der Waals surface area contributed by atoms with E-state index >= 15 is 0 Å². The van der Waals surface area contributed by atoms with Crippen molar-refractivity contribution in [1.29, 1.82) is 0 Å². The van der Waals surface area contributed by atoms with Crippen LogP contribution in [0.25, 0.3) is 0 Å². The van der Waals surface area contributed by atoms with Crippen LogP contribution in [0.1, 0.15) is 22.8 Å². The maximum absolute atomic E-state index is 10.9. The number of nitrogens with zero attached hydrogens (tertiary/aromatic N) is 1. The molecule has 0 spiro atoms. The third-order valence-electron chi connectivity index (χ3n) is 1.74. The first-order valence-corrected chi connectivity index (χ1v) is 4.36. The summed E-state index contributed by atoms with van der Waals surface area (Å²) in [5.41, 5.74) is 0.549. The number of hydrogen-bond donors (Lipinski definition) is 2. The van der Waals surface area contributed by atoms with Crippen LogP contribution in [-0.4, -0.2) is 29.1 Å². The lowest BCUT2D eigenvalue weighted by Gasteiger charge is -2.07. The number of hydrogen-bond acceptors (Lipinski definition) is 4. The molecule has 0 saturated carbocycles. The molecule has 0 radical (unpaired) electrons. The number of benzene rings is 1. The highest BCUT2D eigenvalue weighted by atomic mass is 16.5. The Balaban J connectivity index is 3.14. The Morgan fingerprint density at radius 3 is 2.87 bits per heavy atom. The fourth-order valence-electron chi connectivity index (χ4n) is 1.14. The van der Waals surface area contributed by atoms with Gasteiger partial charge in [0.1, 0.15) is 11.3 Å². The van der Waals surface area contributed by atoms with E-state index in [0.717, 1.165) is 6.21 Å². The van der Waals surface area contributed by atoms with Gasteiger partial charge in [-0.2, -0.15) is 0 Å². The summed E-state index contributed by atoms with van der Waals surface area (Å²) in [5.74, 6) is -0.772. The predicted octanol–water partition coefficient (Wildman–Crippen LogP) is 1.59. The Bertz CT molecular complexity index is 387. The van der Waals surface area contributed by atoms with Crippen molar-refractivity contribution in [3.05, 3.63) is 29.3 Å². The summed E-state index contributed by atoms with van der Waals surface area (Å²) >= 11 is 0. The quantitative estimate of drug-likeness (QED) is 0.448. The van der Waals surface area contributed by atoms with E-state index < -0.39 is 5.97 Å². The number of rotatable bonds is 4. The maximum atomic E-state index is 10.9. The molecule has 0 aliphatic rings. The Kier molecular flexibility index (Phi) is 3.68. The fraction of sp³-hybridized carbons (Fsp3) is 0.200. The van der Waals surface area contributed by atoms with Gasteiger partial charge in [-0.15, -0.1) is 0 Å². The molecule has 5 nitrogen and oxygen atoms in total. The number of ether oxygens (including phenoxy) is 1. The van der Waals surface area contributed by atoms with Crippen molar-refractivity contribution >= 4 is 12.2 Å². The number of aromatic carboxylic acids is 1. The molecule has 80 valence electrons. The average molecular weight is 209 g/mol. The average Bonchev–Trinajstić information content (AvgIpc) is 2.21. The first-order chi connectivity index (χ1) is 7.19. The van der Waals surface area contributed by atoms with Gasteiger partial charge in [-0.05, 0) is 30.7 Å². The molecular formula is C10H11NO4. The topological polar surface area (TPSA) is 79.1 Å². The zero-order valence-electron chi connectivity index (χ0n) is 8.17. The molecule has 0 bridgehead atoms.